The fourth-order valence-corrected chi connectivity index (χ4v) is 5.03. The maximum Gasteiger partial charge on any atom is 0.416 e. The summed E-state index contributed by atoms with van der Waals surface area (Å²) in [6, 6.07) is 2.83. The lowest BCUT2D eigenvalue weighted by molar-refractivity contribution is -0.145. The van der Waals surface area contributed by atoms with Gasteiger partial charge in [-0.3, -0.25) is 14.0 Å². The molecule has 5 rings (SSSR count). The molecule has 2 aromatic heterocycles. The van der Waals surface area contributed by atoms with Gasteiger partial charge in [-0.25, -0.2) is 0 Å². The molecule has 0 bridgehead atoms. The van der Waals surface area contributed by atoms with Crippen LogP contribution in [0.5, 0.6) is 0 Å². The number of nitrogens with one attached hydrogen (secondary N) is 1. The Bertz CT molecular complexity index is 1510. The molecule has 2 aliphatic rings. The summed E-state index contributed by atoms with van der Waals surface area (Å²) in [7, 11) is 1.31. The molecule has 0 radical (unpaired) electrons. The minimum Gasteiger partial charge on any atom is -0.469 e. The molecule has 3 heterocycles. The molecule has 2 atom stereocenters. The van der Waals surface area contributed by atoms with Gasteiger partial charge in [0.1, 0.15) is 11.6 Å². The molecule has 1 aliphatic heterocycles. The van der Waals surface area contributed by atoms with E-state index in [0.717, 1.165) is 17.8 Å². The Hall–Kier alpha value is -4.16. The molecule has 0 fully saturated rings. The first-order valence-corrected chi connectivity index (χ1v) is 11.9. The molecule has 13 heteroatoms. The number of anilines is 2. The van der Waals surface area contributed by atoms with Crippen LogP contribution < -0.4 is 11.1 Å². The van der Waals surface area contributed by atoms with Crippen LogP contribution in [-0.4, -0.2) is 43.5 Å². The van der Waals surface area contributed by atoms with E-state index in [0.29, 0.717) is 46.1 Å². The first kappa shape index (κ1) is 25.5. The number of rotatable bonds is 5. The minimum atomic E-state index is -4.54. The van der Waals surface area contributed by atoms with Crippen LogP contribution in [0.25, 0.3) is 5.78 Å². The number of hydrogen-bond acceptors (Lipinski definition) is 8. The lowest BCUT2D eigenvalue weighted by Crippen LogP contribution is -2.36. The van der Waals surface area contributed by atoms with E-state index in [2.05, 4.69) is 20.5 Å². The van der Waals surface area contributed by atoms with Crippen LogP contribution in [0.4, 0.5) is 24.7 Å². The molecule has 0 saturated heterocycles. The number of ether oxygens (including phenoxy) is 1. The Morgan fingerprint density at radius 2 is 1.92 bits per heavy atom. The number of nitrogens with zero attached hydrogens (tertiary/aromatic N) is 5. The van der Waals surface area contributed by atoms with Gasteiger partial charge in [0.05, 0.1) is 43.4 Å². The SMILES string of the molecule is COC(=O)C1CC(C(=O)N2Cc3c(NC(C)c4cc(N)cc(C(F)(F)F)c4)nc4nnc(C)n4c3C2)=C1C. The van der Waals surface area contributed by atoms with Gasteiger partial charge >= 0.3 is 12.1 Å². The molecular formula is C25H26F3N7O3. The van der Waals surface area contributed by atoms with E-state index in [4.69, 9.17) is 10.5 Å². The van der Waals surface area contributed by atoms with Crippen molar-refractivity contribution >= 4 is 29.2 Å². The van der Waals surface area contributed by atoms with E-state index in [1.165, 1.54) is 13.2 Å². The summed E-state index contributed by atoms with van der Waals surface area (Å²) in [5.74, 6) is 0.306. The Kier molecular flexibility index (Phi) is 6.03. The third-order valence-corrected chi connectivity index (χ3v) is 7.21. The Balaban J connectivity index is 1.47. The second-order valence-corrected chi connectivity index (χ2v) is 9.62. The van der Waals surface area contributed by atoms with Crippen molar-refractivity contribution in [2.45, 2.75) is 52.5 Å². The maximum absolute atomic E-state index is 13.4. The van der Waals surface area contributed by atoms with Crippen molar-refractivity contribution in [3.63, 3.8) is 0 Å². The lowest BCUT2D eigenvalue weighted by atomic mass is 9.77. The molecule has 38 heavy (non-hydrogen) atoms. The van der Waals surface area contributed by atoms with Crippen molar-refractivity contribution in [2.24, 2.45) is 5.92 Å². The number of aryl methyl sites for hydroxylation is 1. The number of nitrogens with two attached hydrogens (primary N) is 1. The molecular weight excluding hydrogens is 503 g/mol. The number of hydrogen-bond donors (Lipinski definition) is 2. The van der Waals surface area contributed by atoms with E-state index in [1.54, 1.807) is 30.1 Å². The number of esters is 1. The highest BCUT2D eigenvalue weighted by molar-refractivity contribution is 5.99. The van der Waals surface area contributed by atoms with Gasteiger partial charge < -0.3 is 20.7 Å². The molecule has 200 valence electrons. The summed E-state index contributed by atoms with van der Waals surface area (Å²) in [4.78, 5) is 31.5. The molecule has 2 unspecified atom stereocenters. The largest absolute Gasteiger partial charge is 0.469 e. The molecule has 1 aromatic carbocycles. The highest BCUT2D eigenvalue weighted by Crippen LogP contribution is 2.39. The van der Waals surface area contributed by atoms with Gasteiger partial charge in [0.25, 0.3) is 5.78 Å². The number of alkyl halides is 3. The summed E-state index contributed by atoms with van der Waals surface area (Å²) in [6.07, 6.45) is -4.23. The van der Waals surface area contributed by atoms with Crippen molar-refractivity contribution < 1.29 is 27.5 Å². The summed E-state index contributed by atoms with van der Waals surface area (Å²) in [5, 5.41) is 11.4. The zero-order chi connectivity index (χ0) is 27.5. The van der Waals surface area contributed by atoms with E-state index in [1.807, 2.05) is 0 Å². The molecule has 0 spiro atoms. The van der Waals surface area contributed by atoms with Crippen LogP contribution in [-0.2, 0) is 33.6 Å². The number of methoxy groups -OCH3 is 1. The summed E-state index contributed by atoms with van der Waals surface area (Å²) < 4.78 is 46.6. The molecule has 1 aliphatic carbocycles. The van der Waals surface area contributed by atoms with Crippen LogP contribution in [0, 0.1) is 12.8 Å². The monoisotopic (exact) mass is 529 g/mol. The molecule has 3 N–H and O–H groups in total. The fourth-order valence-electron chi connectivity index (χ4n) is 5.03. The second-order valence-electron chi connectivity index (χ2n) is 9.62. The Labute approximate surface area is 215 Å². The summed E-state index contributed by atoms with van der Waals surface area (Å²) in [6.45, 7) is 5.70. The van der Waals surface area contributed by atoms with Gasteiger partial charge in [-0.2, -0.15) is 18.2 Å². The Morgan fingerprint density at radius 1 is 1.18 bits per heavy atom. The van der Waals surface area contributed by atoms with E-state index >= 15 is 0 Å². The van der Waals surface area contributed by atoms with Crippen molar-refractivity contribution in [2.75, 3.05) is 18.2 Å². The Morgan fingerprint density at radius 3 is 2.58 bits per heavy atom. The molecule has 10 nitrogen and oxygen atoms in total. The number of halogens is 3. The average molecular weight is 530 g/mol. The normalized spacial score (nSPS) is 17.9. The average Bonchev–Trinajstić information content (AvgIpc) is 3.46. The van der Waals surface area contributed by atoms with Gasteiger partial charge in [0.15, 0.2) is 0 Å². The predicted octanol–water partition coefficient (Wildman–Crippen LogP) is 3.56. The van der Waals surface area contributed by atoms with Crippen molar-refractivity contribution in [3.8, 4) is 0 Å². The molecule has 1 amide bonds. The quantitative estimate of drug-likeness (QED) is 0.379. The number of aromatic nitrogens is 4. The summed E-state index contributed by atoms with van der Waals surface area (Å²) in [5.41, 5.74) is 7.98. The first-order valence-electron chi connectivity index (χ1n) is 11.9. The number of benzene rings is 1. The van der Waals surface area contributed by atoms with Crippen molar-refractivity contribution in [3.05, 3.63) is 57.6 Å². The van der Waals surface area contributed by atoms with Gasteiger partial charge in [-0.1, -0.05) is 5.57 Å². The highest BCUT2D eigenvalue weighted by Gasteiger charge is 2.40. The number of carbonyl (C=O) groups excluding carboxylic acids is 2. The number of nitrogen functional groups attached to an aromatic ring is 1. The maximum atomic E-state index is 13.4. The highest BCUT2D eigenvalue weighted by atomic mass is 19.4. The van der Waals surface area contributed by atoms with Crippen LogP contribution >= 0.6 is 0 Å². The summed E-state index contributed by atoms with van der Waals surface area (Å²) >= 11 is 0. The van der Waals surface area contributed by atoms with E-state index in [-0.39, 0.29) is 30.7 Å². The smallest absolute Gasteiger partial charge is 0.416 e. The minimum absolute atomic E-state index is 0.00336. The number of amides is 1. The molecule has 3 aromatic rings. The first-order chi connectivity index (χ1) is 17.9. The lowest BCUT2D eigenvalue weighted by Gasteiger charge is -2.31. The zero-order valence-corrected chi connectivity index (χ0v) is 21.2. The number of fused-ring (bicyclic) bond motifs is 3. The zero-order valence-electron chi connectivity index (χ0n) is 21.2. The molecule has 0 saturated carbocycles. The number of carbonyl (C=O) groups is 2. The second kappa shape index (κ2) is 8.99. The topological polar surface area (TPSA) is 128 Å². The van der Waals surface area contributed by atoms with Gasteiger partial charge in [0, 0.05) is 16.8 Å². The van der Waals surface area contributed by atoms with Crippen LogP contribution in [0.2, 0.25) is 0 Å². The third kappa shape index (κ3) is 4.21. The van der Waals surface area contributed by atoms with Crippen LogP contribution in [0.15, 0.2) is 29.3 Å². The standard InChI is InChI=1S/C25H26F3N7O3/c1-11-17(8-18(11)23(37)38-4)22(36)34-9-19-20(10-34)35-13(3)32-33-24(35)31-21(19)30-12(2)14-5-15(25(26,27)28)7-16(29)6-14/h5-7,12,18H,8-10,29H2,1-4H3,(H,30,31,33). The van der Waals surface area contributed by atoms with Gasteiger partial charge in [-0.05, 0) is 51.0 Å². The van der Waals surface area contributed by atoms with Crippen molar-refractivity contribution in [1.82, 2.24) is 24.5 Å². The van der Waals surface area contributed by atoms with E-state index < -0.39 is 23.7 Å². The third-order valence-electron chi connectivity index (χ3n) is 7.21. The fraction of sp³-hybridized carbons (Fsp3) is 0.400. The van der Waals surface area contributed by atoms with Crippen molar-refractivity contribution in [1.29, 1.82) is 0 Å². The van der Waals surface area contributed by atoms with Gasteiger partial charge in [0.2, 0.25) is 5.91 Å². The van der Waals surface area contributed by atoms with E-state index in [9.17, 15) is 22.8 Å². The predicted molar refractivity (Wildman–Crippen MR) is 130 cm³/mol. The van der Waals surface area contributed by atoms with Gasteiger partial charge in [-0.15, -0.1) is 10.2 Å². The van der Waals surface area contributed by atoms with Crippen LogP contribution in [0.1, 0.15) is 54.5 Å². The van der Waals surface area contributed by atoms with Crippen LogP contribution in [0.3, 0.4) is 0 Å².